The maximum Gasteiger partial charge on any atom is 0.408 e. The largest absolute Gasteiger partial charge is 0.444 e. The van der Waals surface area contributed by atoms with Crippen molar-refractivity contribution in [2.24, 2.45) is 0 Å². The minimum absolute atomic E-state index is 0.103. The topological polar surface area (TPSA) is 61.9 Å². The number of anilines is 1. The van der Waals surface area contributed by atoms with E-state index >= 15 is 4.39 Å². The third-order valence-corrected chi connectivity index (χ3v) is 6.68. The number of benzene rings is 2. The molecule has 2 fully saturated rings. The molecule has 2 saturated heterocycles. The van der Waals surface area contributed by atoms with Crippen molar-refractivity contribution < 1.29 is 18.7 Å². The third-order valence-electron chi connectivity index (χ3n) is 6.68. The zero-order valence-corrected chi connectivity index (χ0v) is 21.0. The molecule has 2 aliphatic rings. The van der Waals surface area contributed by atoms with Crippen LogP contribution in [0.5, 0.6) is 0 Å². The normalized spacial score (nSPS) is 20.9. The minimum atomic E-state index is -1.16. The van der Waals surface area contributed by atoms with Crippen molar-refractivity contribution in [2.45, 2.75) is 64.0 Å². The smallest absolute Gasteiger partial charge is 0.408 e. The number of hydrogen-bond donors (Lipinski definition) is 1. The Kier molecular flexibility index (Phi) is 7.33. The van der Waals surface area contributed by atoms with Crippen LogP contribution in [0.1, 0.15) is 52.9 Å². The summed E-state index contributed by atoms with van der Waals surface area (Å²) in [5.74, 6) is -0.445. The second-order valence-electron chi connectivity index (χ2n) is 10.6. The molecule has 0 spiro atoms. The predicted molar refractivity (Wildman–Crippen MR) is 136 cm³/mol. The van der Waals surface area contributed by atoms with Crippen LogP contribution in [0.3, 0.4) is 0 Å². The molecule has 35 heavy (non-hydrogen) atoms. The van der Waals surface area contributed by atoms with Crippen LogP contribution in [0.25, 0.3) is 11.1 Å². The first-order valence-corrected chi connectivity index (χ1v) is 12.6. The molecular formula is C28H36FN3O3. The number of amides is 2. The van der Waals surface area contributed by atoms with Crippen LogP contribution in [-0.4, -0.2) is 54.2 Å². The van der Waals surface area contributed by atoms with Crippen LogP contribution >= 0.6 is 0 Å². The number of likely N-dealkylation sites (tertiary alicyclic amines) is 1. The van der Waals surface area contributed by atoms with Crippen molar-refractivity contribution in [2.75, 3.05) is 31.1 Å². The van der Waals surface area contributed by atoms with Gasteiger partial charge in [0.2, 0.25) is 5.91 Å². The molecule has 188 valence electrons. The minimum Gasteiger partial charge on any atom is -0.444 e. The fraction of sp³-hybridized carbons (Fsp3) is 0.500. The van der Waals surface area contributed by atoms with Gasteiger partial charge in [0.25, 0.3) is 0 Å². The average Bonchev–Trinajstić information content (AvgIpc) is 2.83. The highest BCUT2D eigenvalue weighted by atomic mass is 19.1. The molecule has 0 radical (unpaired) electrons. The molecular weight excluding hydrogens is 445 g/mol. The molecule has 2 amide bonds. The monoisotopic (exact) mass is 481 g/mol. The Hall–Kier alpha value is -3.09. The van der Waals surface area contributed by atoms with Gasteiger partial charge in [0.1, 0.15) is 17.0 Å². The summed E-state index contributed by atoms with van der Waals surface area (Å²) >= 11 is 0. The van der Waals surface area contributed by atoms with Crippen molar-refractivity contribution in [1.82, 2.24) is 10.2 Å². The number of carbonyl (C=O) groups excluding carboxylic acids is 2. The summed E-state index contributed by atoms with van der Waals surface area (Å²) in [5, 5.41) is 2.93. The number of rotatable bonds is 4. The molecule has 4 rings (SSSR count). The van der Waals surface area contributed by atoms with Gasteiger partial charge in [0, 0.05) is 19.6 Å². The highest BCUT2D eigenvalue weighted by Crippen LogP contribution is 2.32. The molecule has 1 N–H and O–H groups in total. The van der Waals surface area contributed by atoms with E-state index in [9.17, 15) is 9.59 Å². The Balaban J connectivity index is 1.61. The summed E-state index contributed by atoms with van der Waals surface area (Å²) in [6, 6.07) is 14.9. The Morgan fingerprint density at radius 2 is 1.66 bits per heavy atom. The van der Waals surface area contributed by atoms with E-state index in [-0.39, 0.29) is 18.3 Å². The van der Waals surface area contributed by atoms with Gasteiger partial charge in [-0.1, -0.05) is 36.4 Å². The first-order valence-electron chi connectivity index (χ1n) is 12.6. The van der Waals surface area contributed by atoms with Crippen LogP contribution in [-0.2, 0) is 9.53 Å². The van der Waals surface area contributed by atoms with E-state index in [2.05, 4.69) is 5.32 Å². The van der Waals surface area contributed by atoms with Crippen molar-refractivity contribution in [3.63, 3.8) is 0 Å². The summed E-state index contributed by atoms with van der Waals surface area (Å²) in [5.41, 5.74) is 0.325. The molecule has 1 atom stereocenters. The molecule has 0 aromatic heterocycles. The van der Waals surface area contributed by atoms with Crippen molar-refractivity contribution in [3.8, 4) is 11.1 Å². The van der Waals surface area contributed by atoms with E-state index in [4.69, 9.17) is 4.74 Å². The van der Waals surface area contributed by atoms with E-state index in [0.717, 1.165) is 30.4 Å². The highest BCUT2D eigenvalue weighted by Gasteiger charge is 2.47. The molecule has 7 heteroatoms. The lowest BCUT2D eigenvalue weighted by Gasteiger charge is -2.45. The molecule has 0 aliphatic carbocycles. The lowest BCUT2D eigenvalue weighted by molar-refractivity contribution is -0.139. The number of nitrogens with zero attached hydrogens (tertiary/aromatic N) is 2. The van der Waals surface area contributed by atoms with E-state index < -0.39 is 17.2 Å². The van der Waals surface area contributed by atoms with Gasteiger partial charge in [-0.3, -0.25) is 4.79 Å². The highest BCUT2D eigenvalue weighted by molar-refractivity contribution is 5.91. The molecule has 1 unspecified atom stereocenters. The predicted octanol–water partition coefficient (Wildman–Crippen LogP) is 5.37. The summed E-state index contributed by atoms with van der Waals surface area (Å²) < 4.78 is 20.9. The number of hydrogen-bond acceptors (Lipinski definition) is 4. The van der Waals surface area contributed by atoms with Gasteiger partial charge in [-0.2, -0.15) is 0 Å². The number of halogens is 1. The number of carbonyl (C=O) groups is 2. The summed E-state index contributed by atoms with van der Waals surface area (Å²) in [6.07, 6.45) is 3.52. The zero-order valence-electron chi connectivity index (χ0n) is 21.0. The van der Waals surface area contributed by atoms with Crippen molar-refractivity contribution in [3.05, 3.63) is 54.3 Å². The second kappa shape index (κ2) is 10.3. The van der Waals surface area contributed by atoms with Gasteiger partial charge in [-0.25, -0.2) is 9.18 Å². The molecule has 0 bridgehead atoms. The number of alkyl carbamates (subject to hydrolysis) is 1. The van der Waals surface area contributed by atoms with Gasteiger partial charge in [-0.05, 0) is 76.1 Å². The lowest BCUT2D eigenvalue weighted by Crippen LogP contribution is -2.67. The molecule has 2 heterocycles. The van der Waals surface area contributed by atoms with Crippen LogP contribution in [0, 0.1) is 5.82 Å². The molecule has 2 aromatic rings. The molecule has 2 aliphatic heterocycles. The summed E-state index contributed by atoms with van der Waals surface area (Å²) in [4.78, 5) is 30.4. The van der Waals surface area contributed by atoms with Gasteiger partial charge < -0.3 is 19.9 Å². The molecule has 6 nitrogen and oxygen atoms in total. The van der Waals surface area contributed by atoms with Crippen LogP contribution in [0.2, 0.25) is 0 Å². The Bertz CT molecular complexity index is 1050. The zero-order chi connectivity index (χ0) is 25.1. The number of ether oxygens (including phenoxy) is 1. The maximum atomic E-state index is 15.4. The van der Waals surface area contributed by atoms with E-state index in [1.165, 1.54) is 6.07 Å². The molecule has 0 saturated carbocycles. The summed E-state index contributed by atoms with van der Waals surface area (Å²) in [7, 11) is 0. The lowest BCUT2D eigenvalue weighted by atomic mass is 9.86. The number of nitrogens with one attached hydrogen (secondary N) is 1. The Labute approximate surface area is 207 Å². The van der Waals surface area contributed by atoms with Gasteiger partial charge >= 0.3 is 6.09 Å². The third kappa shape index (κ3) is 5.95. The van der Waals surface area contributed by atoms with Gasteiger partial charge in [-0.15, -0.1) is 0 Å². The quantitative estimate of drug-likeness (QED) is 0.638. The fourth-order valence-corrected chi connectivity index (χ4v) is 5.06. The fourth-order valence-electron chi connectivity index (χ4n) is 5.06. The number of piperidine rings is 2. The van der Waals surface area contributed by atoms with E-state index in [0.29, 0.717) is 38.2 Å². The van der Waals surface area contributed by atoms with Crippen LogP contribution in [0.4, 0.5) is 14.9 Å². The second-order valence-corrected chi connectivity index (χ2v) is 10.6. The van der Waals surface area contributed by atoms with E-state index in [1.54, 1.807) is 26.8 Å². The van der Waals surface area contributed by atoms with Gasteiger partial charge in [0.05, 0.1) is 12.2 Å². The van der Waals surface area contributed by atoms with Crippen molar-refractivity contribution in [1.29, 1.82) is 0 Å². The Morgan fingerprint density at radius 1 is 0.943 bits per heavy atom. The molecule has 2 aromatic carbocycles. The van der Waals surface area contributed by atoms with Crippen LogP contribution in [0.15, 0.2) is 48.5 Å². The first-order chi connectivity index (χ1) is 16.7. The Morgan fingerprint density at radius 3 is 2.31 bits per heavy atom. The van der Waals surface area contributed by atoms with Gasteiger partial charge in [0.15, 0.2) is 0 Å². The first kappa shape index (κ1) is 25.0. The summed E-state index contributed by atoms with van der Waals surface area (Å²) in [6.45, 7) is 7.54. The average molecular weight is 482 g/mol. The standard InChI is InChI=1S/C28H36FN3O3/c1-27(2,3)35-26(34)30-28(25(33)31-16-8-5-9-17-31)15-10-18-32(20-28)24-14-13-22(19-23(24)29)21-11-6-4-7-12-21/h4,6-7,11-14,19H,5,8-10,15-18,20H2,1-3H3,(H,30,34). The van der Waals surface area contributed by atoms with Crippen molar-refractivity contribution >= 4 is 17.7 Å². The maximum absolute atomic E-state index is 15.4. The SMILES string of the molecule is CC(C)(C)OC(=O)NC1(C(=O)N2CCCCC2)CCCN(c2ccc(-c3ccccc3)cc2F)C1. The van der Waals surface area contributed by atoms with Crippen LogP contribution < -0.4 is 10.2 Å². The van der Waals surface area contributed by atoms with E-state index in [1.807, 2.05) is 46.2 Å².